The third-order valence-electron chi connectivity index (χ3n) is 1.80. The maximum Gasteiger partial charge on any atom is 0.0991 e. The molecule has 1 rings (SSSR count). The average molecular weight is 204 g/mol. The lowest BCUT2D eigenvalue weighted by molar-refractivity contribution is 1.29. The number of hydrogen-bond donors (Lipinski definition) is 0. The summed E-state index contributed by atoms with van der Waals surface area (Å²) in [4.78, 5) is 0. The van der Waals surface area contributed by atoms with E-state index < -0.39 is 0 Å². The van der Waals surface area contributed by atoms with E-state index >= 15 is 0 Å². The van der Waals surface area contributed by atoms with E-state index in [9.17, 15) is 0 Å². The number of rotatable bonds is 1. The molecule has 0 aromatic heterocycles. The number of alkyl halides is 1. The molecule has 0 fully saturated rings. The highest BCUT2D eigenvalue weighted by molar-refractivity contribution is 6.18. The van der Waals surface area contributed by atoms with Gasteiger partial charge in [-0.25, -0.2) is 0 Å². The van der Waals surface area contributed by atoms with E-state index in [-0.39, 0.29) is 0 Å². The van der Waals surface area contributed by atoms with Gasteiger partial charge in [0, 0.05) is 17.9 Å². The van der Waals surface area contributed by atoms with Crippen LogP contribution in [0.15, 0.2) is 18.2 Å². The summed E-state index contributed by atoms with van der Waals surface area (Å²) in [6.07, 6.45) is 0.695. The van der Waals surface area contributed by atoms with Crippen molar-refractivity contribution >= 4 is 11.6 Å². The van der Waals surface area contributed by atoms with Crippen molar-refractivity contribution in [3.63, 3.8) is 0 Å². The summed E-state index contributed by atoms with van der Waals surface area (Å²) in [7, 11) is 0. The van der Waals surface area contributed by atoms with Crippen LogP contribution in [0.1, 0.15) is 23.1 Å². The van der Waals surface area contributed by atoms with Crippen molar-refractivity contribution in [3.8, 4) is 17.9 Å². The van der Waals surface area contributed by atoms with Gasteiger partial charge in [-0.2, -0.15) is 5.26 Å². The summed E-state index contributed by atoms with van der Waals surface area (Å²) < 4.78 is 0. The normalized spacial score (nSPS) is 8.64. The molecule has 0 amide bonds. The first kappa shape index (κ1) is 10.6. The van der Waals surface area contributed by atoms with Crippen LogP contribution in [0.5, 0.6) is 0 Å². The fraction of sp³-hybridized carbons (Fsp3) is 0.250. The monoisotopic (exact) mass is 203 g/mol. The van der Waals surface area contributed by atoms with Crippen LogP contribution in [0.3, 0.4) is 0 Å². The highest BCUT2D eigenvalue weighted by Crippen LogP contribution is 2.09. The zero-order valence-corrected chi connectivity index (χ0v) is 8.73. The summed E-state index contributed by atoms with van der Waals surface area (Å²) in [6.45, 7) is 1.95. The van der Waals surface area contributed by atoms with E-state index in [2.05, 4.69) is 17.9 Å². The lowest BCUT2D eigenvalue weighted by Gasteiger charge is -1.97. The van der Waals surface area contributed by atoms with Gasteiger partial charge >= 0.3 is 0 Å². The molecule has 0 bridgehead atoms. The second-order valence-corrected chi connectivity index (χ2v) is 3.26. The molecule has 1 aromatic rings. The van der Waals surface area contributed by atoms with Gasteiger partial charge in [0.1, 0.15) is 0 Å². The molecule has 0 aliphatic carbocycles. The van der Waals surface area contributed by atoms with Crippen molar-refractivity contribution in [3.05, 3.63) is 34.9 Å². The van der Waals surface area contributed by atoms with Crippen LogP contribution in [-0.2, 0) is 0 Å². The van der Waals surface area contributed by atoms with Crippen LogP contribution >= 0.6 is 11.6 Å². The minimum Gasteiger partial charge on any atom is -0.192 e. The van der Waals surface area contributed by atoms with Crippen LogP contribution < -0.4 is 0 Å². The second-order valence-electron chi connectivity index (χ2n) is 2.88. The molecule has 70 valence electrons. The average Bonchev–Trinajstić information content (AvgIpc) is 2.20. The maximum absolute atomic E-state index is 8.66. The lowest BCUT2D eigenvalue weighted by atomic mass is 10.1. The SMILES string of the molecule is Cc1cc(C#N)ccc1C#CCCCl. The summed E-state index contributed by atoms with van der Waals surface area (Å²) in [5.41, 5.74) is 2.67. The van der Waals surface area contributed by atoms with Gasteiger partial charge in [-0.3, -0.25) is 0 Å². The van der Waals surface area contributed by atoms with E-state index in [1.54, 1.807) is 6.07 Å². The number of aryl methyl sites for hydroxylation is 1. The molecule has 1 aromatic carbocycles. The maximum atomic E-state index is 8.66. The van der Waals surface area contributed by atoms with Crippen LogP contribution in [0.4, 0.5) is 0 Å². The molecule has 0 aliphatic heterocycles. The second kappa shape index (κ2) is 5.32. The van der Waals surface area contributed by atoms with E-state index in [1.807, 2.05) is 19.1 Å². The van der Waals surface area contributed by atoms with Crippen LogP contribution in [0, 0.1) is 30.1 Å². The first-order valence-electron chi connectivity index (χ1n) is 4.33. The third-order valence-corrected chi connectivity index (χ3v) is 1.99. The minimum atomic E-state index is 0.558. The molecule has 0 atom stereocenters. The Kier molecular flexibility index (Phi) is 4.05. The largest absolute Gasteiger partial charge is 0.192 e. The fourth-order valence-corrected chi connectivity index (χ4v) is 1.17. The predicted molar refractivity (Wildman–Crippen MR) is 58.1 cm³/mol. The third kappa shape index (κ3) is 2.80. The van der Waals surface area contributed by atoms with Gasteiger partial charge in [-0.05, 0) is 30.7 Å². The Balaban J connectivity index is 2.92. The van der Waals surface area contributed by atoms with Crippen molar-refractivity contribution in [2.45, 2.75) is 13.3 Å². The quantitative estimate of drug-likeness (QED) is 0.509. The number of nitriles is 1. The van der Waals surface area contributed by atoms with Crippen LogP contribution in [-0.4, -0.2) is 5.88 Å². The number of nitrogens with zero attached hydrogens (tertiary/aromatic N) is 1. The van der Waals surface area contributed by atoms with Gasteiger partial charge < -0.3 is 0 Å². The highest BCUT2D eigenvalue weighted by Gasteiger charge is 1.95. The molecule has 0 unspecified atom stereocenters. The Morgan fingerprint density at radius 2 is 2.21 bits per heavy atom. The van der Waals surface area contributed by atoms with Crippen LogP contribution in [0.25, 0.3) is 0 Å². The molecule has 2 heteroatoms. The fourth-order valence-electron chi connectivity index (χ4n) is 1.08. The van der Waals surface area contributed by atoms with E-state index in [0.717, 1.165) is 11.1 Å². The number of halogens is 1. The van der Waals surface area contributed by atoms with Crippen molar-refractivity contribution < 1.29 is 0 Å². The Labute approximate surface area is 89.3 Å². The molecule has 1 nitrogen and oxygen atoms in total. The van der Waals surface area contributed by atoms with E-state index in [0.29, 0.717) is 17.9 Å². The first-order valence-corrected chi connectivity index (χ1v) is 4.87. The Hall–Kier alpha value is -1.44. The van der Waals surface area contributed by atoms with E-state index in [1.165, 1.54) is 0 Å². The number of benzene rings is 1. The summed E-state index contributed by atoms with van der Waals surface area (Å²) >= 11 is 5.51. The van der Waals surface area contributed by atoms with Crippen molar-refractivity contribution in [1.29, 1.82) is 5.26 Å². The number of hydrogen-bond acceptors (Lipinski definition) is 1. The molecule has 0 saturated heterocycles. The summed E-state index contributed by atoms with van der Waals surface area (Å²) in [5.74, 6) is 6.54. The zero-order chi connectivity index (χ0) is 10.4. The topological polar surface area (TPSA) is 23.8 Å². The minimum absolute atomic E-state index is 0.558. The Morgan fingerprint density at radius 3 is 2.79 bits per heavy atom. The lowest BCUT2D eigenvalue weighted by Crippen LogP contribution is -1.84. The van der Waals surface area contributed by atoms with Crippen molar-refractivity contribution in [2.24, 2.45) is 0 Å². The zero-order valence-electron chi connectivity index (χ0n) is 7.97. The molecule has 0 N–H and O–H groups in total. The van der Waals surface area contributed by atoms with Crippen LogP contribution in [0.2, 0.25) is 0 Å². The molecule has 0 heterocycles. The Bertz CT molecular complexity index is 418. The molecule has 0 spiro atoms. The predicted octanol–water partition coefficient (Wildman–Crippen LogP) is 2.85. The molecular formula is C12H10ClN. The van der Waals surface area contributed by atoms with Gasteiger partial charge in [0.15, 0.2) is 0 Å². The van der Waals surface area contributed by atoms with E-state index in [4.69, 9.17) is 16.9 Å². The van der Waals surface area contributed by atoms with Gasteiger partial charge in [-0.15, -0.1) is 11.6 Å². The standard InChI is InChI=1S/C12H10ClN/c1-10-8-11(9-14)5-6-12(10)4-2-3-7-13/h5-6,8H,3,7H2,1H3. The van der Waals surface area contributed by atoms with Crippen molar-refractivity contribution in [2.75, 3.05) is 5.88 Å². The van der Waals surface area contributed by atoms with Gasteiger partial charge in [0.25, 0.3) is 0 Å². The molecule has 0 radical (unpaired) electrons. The Morgan fingerprint density at radius 1 is 1.43 bits per heavy atom. The molecule has 0 aliphatic rings. The summed E-state index contributed by atoms with van der Waals surface area (Å²) in [6, 6.07) is 7.58. The summed E-state index contributed by atoms with van der Waals surface area (Å²) in [5, 5.41) is 8.66. The van der Waals surface area contributed by atoms with Gasteiger partial charge in [-0.1, -0.05) is 11.8 Å². The van der Waals surface area contributed by atoms with Gasteiger partial charge in [0.2, 0.25) is 0 Å². The van der Waals surface area contributed by atoms with Crippen molar-refractivity contribution in [1.82, 2.24) is 0 Å². The first-order chi connectivity index (χ1) is 6.77. The smallest absolute Gasteiger partial charge is 0.0991 e. The molecule has 14 heavy (non-hydrogen) atoms. The molecular weight excluding hydrogens is 194 g/mol. The highest BCUT2D eigenvalue weighted by atomic mass is 35.5. The van der Waals surface area contributed by atoms with Gasteiger partial charge in [0.05, 0.1) is 11.6 Å². The molecule has 0 saturated carbocycles.